The molecule has 0 fully saturated rings. The second-order valence-corrected chi connectivity index (χ2v) is 4.16. The van der Waals surface area contributed by atoms with Crippen molar-refractivity contribution in [2.45, 2.75) is 27.3 Å². The molecular weight excluding hydrogens is 198 g/mol. The molecule has 0 atom stereocenters. The van der Waals surface area contributed by atoms with Gasteiger partial charge in [0.05, 0.1) is 11.9 Å². The first-order valence-corrected chi connectivity index (χ1v) is 5.44. The van der Waals surface area contributed by atoms with Gasteiger partial charge in [-0.15, -0.1) is 0 Å². The molecule has 0 bridgehead atoms. The zero-order chi connectivity index (χ0) is 11.7. The van der Waals surface area contributed by atoms with Crippen molar-refractivity contribution in [1.82, 2.24) is 9.78 Å². The van der Waals surface area contributed by atoms with E-state index in [1.54, 1.807) is 0 Å². The van der Waals surface area contributed by atoms with Gasteiger partial charge >= 0.3 is 0 Å². The molecule has 0 amide bonds. The van der Waals surface area contributed by atoms with Gasteiger partial charge in [0.2, 0.25) is 0 Å². The maximum absolute atomic E-state index is 5.65. The lowest BCUT2D eigenvalue weighted by atomic mass is 10.1. The number of nitrogens with zero attached hydrogens (tertiary/aromatic N) is 2. The maximum Gasteiger partial charge on any atom is 0.0678 e. The molecule has 0 saturated heterocycles. The first-order valence-electron chi connectivity index (χ1n) is 5.44. The number of nitrogens with two attached hydrogens (primary N) is 1. The van der Waals surface area contributed by atoms with Crippen LogP contribution in [0.1, 0.15) is 22.4 Å². The van der Waals surface area contributed by atoms with Crippen molar-refractivity contribution in [1.29, 1.82) is 0 Å². The summed E-state index contributed by atoms with van der Waals surface area (Å²) in [5, 5.41) is 4.38. The lowest BCUT2D eigenvalue weighted by Gasteiger charge is -2.09. The Hall–Kier alpha value is -1.61. The quantitative estimate of drug-likeness (QED) is 0.835. The van der Waals surface area contributed by atoms with E-state index in [0.717, 1.165) is 16.9 Å². The molecular formula is C13H17N3. The Kier molecular flexibility index (Phi) is 2.79. The van der Waals surface area contributed by atoms with Gasteiger partial charge in [-0.1, -0.05) is 17.7 Å². The summed E-state index contributed by atoms with van der Waals surface area (Å²) in [5.41, 5.74) is 11.5. The van der Waals surface area contributed by atoms with Gasteiger partial charge in [0.25, 0.3) is 0 Å². The molecule has 0 saturated carbocycles. The highest BCUT2D eigenvalue weighted by atomic mass is 15.3. The van der Waals surface area contributed by atoms with Crippen molar-refractivity contribution in [3.05, 3.63) is 46.8 Å². The third-order valence-corrected chi connectivity index (χ3v) is 2.91. The first kappa shape index (κ1) is 10.9. The summed E-state index contributed by atoms with van der Waals surface area (Å²) in [6, 6.07) is 6.37. The minimum Gasteiger partial charge on any atom is -0.326 e. The molecule has 0 spiro atoms. The minimum atomic E-state index is 0.538. The zero-order valence-electron chi connectivity index (χ0n) is 9.99. The summed E-state index contributed by atoms with van der Waals surface area (Å²) >= 11 is 0. The molecule has 0 unspecified atom stereocenters. The second-order valence-electron chi connectivity index (χ2n) is 4.16. The maximum atomic E-state index is 5.65. The van der Waals surface area contributed by atoms with Gasteiger partial charge < -0.3 is 5.73 Å². The summed E-state index contributed by atoms with van der Waals surface area (Å²) in [7, 11) is 0. The summed E-state index contributed by atoms with van der Waals surface area (Å²) < 4.78 is 1.96. The Balaban J connectivity index is 2.54. The number of benzene rings is 1. The van der Waals surface area contributed by atoms with E-state index in [1.165, 1.54) is 11.1 Å². The van der Waals surface area contributed by atoms with E-state index in [0.29, 0.717) is 6.54 Å². The lowest BCUT2D eigenvalue weighted by molar-refractivity contribution is 0.836. The molecule has 16 heavy (non-hydrogen) atoms. The van der Waals surface area contributed by atoms with Gasteiger partial charge in [-0.05, 0) is 32.4 Å². The van der Waals surface area contributed by atoms with Gasteiger partial charge in [0.15, 0.2) is 0 Å². The molecule has 1 aromatic heterocycles. The third kappa shape index (κ3) is 1.74. The van der Waals surface area contributed by atoms with Crippen LogP contribution in [-0.4, -0.2) is 9.78 Å². The fourth-order valence-electron chi connectivity index (χ4n) is 1.93. The van der Waals surface area contributed by atoms with E-state index in [2.05, 4.69) is 44.1 Å². The van der Waals surface area contributed by atoms with E-state index < -0.39 is 0 Å². The van der Waals surface area contributed by atoms with Crippen LogP contribution in [0.15, 0.2) is 24.4 Å². The fraction of sp³-hybridized carbons (Fsp3) is 0.308. The van der Waals surface area contributed by atoms with Crippen molar-refractivity contribution in [3.63, 3.8) is 0 Å². The predicted molar refractivity (Wildman–Crippen MR) is 65.7 cm³/mol. The fourth-order valence-corrected chi connectivity index (χ4v) is 1.93. The van der Waals surface area contributed by atoms with Crippen LogP contribution in [0.2, 0.25) is 0 Å². The second kappa shape index (κ2) is 4.10. The Morgan fingerprint density at radius 2 is 2.00 bits per heavy atom. The standard InChI is InChI=1S/C13H17N3/c1-9-4-5-13(10(2)6-9)16-11(3)12(7-14)8-15-16/h4-6,8H,7,14H2,1-3H3. The Morgan fingerprint density at radius 1 is 1.25 bits per heavy atom. The number of aryl methyl sites for hydroxylation is 2. The molecule has 0 aliphatic carbocycles. The van der Waals surface area contributed by atoms with E-state index in [9.17, 15) is 0 Å². The summed E-state index contributed by atoms with van der Waals surface area (Å²) in [4.78, 5) is 0. The van der Waals surface area contributed by atoms with Gasteiger partial charge in [-0.2, -0.15) is 5.10 Å². The summed E-state index contributed by atoms with van der Waals surface area (Å²) in [6.07, 6.45) is 1.84. The summed E-state index contributed by atoms with van der Waals surface area (Å²) in [6.45, 7) is 6.79. The average Bonchev–Trinajstić information content (AvgIpc) is 2.60. The van der Waals surface area contributed by atoms with Gasteiger partial charge in [-0.3, -0.25) is 0 Å². The van der Waals surface area contributed by atoms with Crippen molar-refractivity contribution < 1.29 is 0 Å². The van der Waals surface area contributed by atoms with Crippen molar-refractivity contribution >= 4 is 0 Å². The highest BCUT2D eigenvalue weighted by Crippen LogP contribution is 2.18. The van der Waals surface area contributed by atoms with Crippen molar-refractivity contribution in [3.8, 4) is 5.69 Å². The SMILES string of the molecule is Cc1ccc(-n2ncc(CN)c2C)c(C)c1. The minimum absolute atomic E-state index is 0.538. The highest BCUT2D eigenvalue weighted by molar-refractivity contribution is 5.43. The number of hydrogen-bond acceptors (Lipinski definition) is 2. The molecule has 1 aromatic carbocycles. The van der Waals surface area contributed by atoms with Crippen LogP contribution in [0.25, 0.3) is 5.69 Å². The molecule has 2 aromatic rings. The van der Waals surface area contributed by atoms with Crippen LogP contribution in [0.4, 0.5) is 0 Å². The molecule has 1 heterocycles. The van der Waals surface area contributed by atoms with E-state index in [-0.39, 0.29) is 0 Å². The smallest absolute Gasteiger partial charge is 0.0678 e. The van der Waals surface area contributed by atoms with E-state index in [4.69, 9.17) is 5.73 Å². The monoisotopic (exact) mass is 215 g/mol. The number of aromatic nitrogens is 2. The largest absolute Gasteiger partial charge is 0.326 e. The van der Waals surface area contributed by atoms with Crippen LogP contribution >= 0.6 is 0 Å². The molecule has 3 heteroatoms. The highest BCUT2D eigenvalue weighted by Gasteiger charge is 2.08. The molecule has 2 N–H and O–H groups in total. The van der Waals surface area contributed by atoms with E-state index in [1.807, 2.05) is 10.9 Å². The van der Waals surface area contributed by atoms with E-state index >= 15 is 0 Å². The molecule has 0 aliphatic rings. The lowest BCUT2D eigenvalue weighted by Crippen LogP contribution is -2.03. The van der Waals surface area contributed by atoms with Crippen LogP contribution in [-0.2, 0) is 6.54 Å². The predicted octanol–water partition coefficient (Wildman–Crippen LogP) is 2.26. The Bertz CT molecular complexity index is 512. The van der Waals surface area contributed by atoms with Crippen LogP contribution in [0, 0.1) is 20.8 Å². The zero-order valence-corrected chi connectivity index (χ0v) is 9.99. The third-order valence-electron chi connectivity index (χ3n) is 2.91. The Morgan fingerprint density at radius 3 is 2.56 bits per heavy atom. The van der Waals surface area contributed by atoms with Crippen LogP contribution in [0.5, 0.6) is 0 Å². The van der Waals surface area contributed by atoms with Gasteiger partial charge in [-0.25, -0.2) is 4.68 Å². The molecule has 2 rings (SSSR count). The topological polar surface area (TPSA) is 43.8 Å². The number of hydrogen-bond donors (Lipinski definition) is 1. The Labute approximate surface area is 95.9 Å². The van der Waals surface area contributed by atoms with Crippen LogP contribution < -0.4 is 5.73 Å². The first-order chi connectivity index (χ1) is 7.63. The van der Waals surface area contributed by atoms with Crippen molar-refractivity contribution in [2.75, 3.05) is 0 Å². The van der Waals surface area contributed by atoms with Crippen molar-refractivity contribution in [2.24, 2.45) is 5.73 Å². The average molecular weight is 215 g/mol. The van der Waals surface area contributed by atoms with Gasteiger partial charge in [0, 0.05) is 17.8 Å². The molecule has 3 nitrogen and oxygen atoms in total. The molecule has 0 radical (unpaired) electrons. The van der Waals surface area contributed by atoms with Gasteiger partial charge in [0.1, 0.15) is 0 Å². The molecule has 0 aliphatic heterocycles. The normalized spacial score (nSPS) is 10.8. The van der Waals surface area contributed by atoms with Crippen LogP contribution in [0.3, 0.4) is 0 Å². The summed E-state index contributed by atoms with van der Waals surface area (Å²) in [5.74, 6) is 0. The molecule has 84 valence electrons. The number of rotatable bonds is 2.